The number of carboxylic acid groups (broad SMARTS) is 1. The number of halogens is 2. The third-order valence-corrected chi connectivity index (χ3v) is 8.35. The van der Waals surface area contributed by atoms with Gasteiger partial charge in [-0.1, -0.05) is 11.6 Å². The molecule has 0 radical (unpaired) electrons. The van der Waals surface area contributed by atoms with Gasteiger partial charge in [0, 0.05) is 34.3 Å². The van der Waals surface area contributed by atoms with Crippen LogP contribution in [0.25, 0.3) is 10.9 Å². The zero-order chi connectivity index (χ0) is 25.7. The molecule has 0 amide bonds. The SMILES string of the molecule is COc1ccc2ncc(Cl)c([C@@H](O)CCC3(C(=O)O)CCN(CCSc4ccc(F)cc4)CC3)c2c1. The average Bonchev–Trinajstić information content (AvgIpc) is 2.88. The Morgan fingerprint density at radius 2 is 1.97 bits per heavy atom. The molecule has 2 aromatic carbocycles. The first-order valence-electron chi connectivity index (χ1n) is 12.0. The summed E-state index contributed by atoms with van der Waals surface area (Å²) in [5.41, 5.74) is 0.361. The predicted molar refractivity (Wildman–Crippen MR) is 140 cm³/mol. The number of pyridine rings is 1. The number of aromatic nitrogens is 1. The lowest BCUT2D eigenvalue weighted by Crippen LogP contribution is -2.45. The number of methoxy groups -OCH3 is 1. The summed E-state index contributed by atoms with van der Waals surface area (Å²) in [5.74, 6) is 0.417. The molecule has 9 heteroatoms. The average molecular weight is 533 g/mol. The Morgan fingerprint density at radius 1 is 1.25 bits per heavy atom. The third-order valence-electron chi connectivity index (χ3n) is 7.05. The molecule has 1 saturated heterocycles. The van der Waals surface area contributed by atoms with Gasteiger partial charge in [-0.15, -0.1) is 11.8 Å². The highest BCUT2D eigenvalue weighted by atomic mass is 35.5. The maximum absolute atomic E-state index is 13.1. The van der Waals surface area contributed by atoms with Gasteiger partial charge in [0.2, 0.25) is 0 Å². The molecule has 2 heterocycles. The number of piperidine rings is 1. The summed E-state index contributed by atoms with van der Waals surface area (Å²) >= 11 is 8.09. The second kappa shape index (κ2) is 11.8. The summed E-state index contributed by atoms with van der Waals surface area (Å²) in [4.78, 5) is 20.0. The van der Waals surface area contributed by atoms with E-state index < -0.39 is 17.5 Å². The van der Waals surface area contributed by atoms with Crippen LogP contribution in [0.4, 0.5) is 4.39 Å². The molecule has 6 nitrogen and oxygen atoms in total. The van der Waals surface area contributed by atoms with Gasteiger partial charge in [-0.2, -0.15) is 0 Å². The summed E-state index contributed by atoms with van der Waals surface area (Å²) in [5, 5.41) is 22.3. The fourth-order valence-corrected chi connectivity index (χ4v) is 5.98. The van der Waals surface area contributed by atoms with Crippen LogP contribution in [0.15, 0.2) is 53.6 Å². The molecule has 2 N–H and O–H groups in total. The molecule has 3 aromatic rings. The molecule has 36 heavy (non-hydrogen) atoms. The van der Waals surface area contributed by atoms with Crippen molar-refractivity contribution in [2.24, 2.45) is 5.41 Å². The summed E-state index contributed by atoms with van der Waals surface area (Å²) in [6, 6.07) is 11.8. The van der Waals surface area contributed by atoms with E-state index in [9.17, 15) is 19.4 Å². The molecule has 1 aliphatic heterocycles. The van der Waals surface area contributed by atoms with E-state index in [-0.39, 0.29) is 12.2 Å². The number of aliphatic hydroxyl groups excluding tert-OH is 1. The molecule has 0 unspecified atom stereocenters. The zero-order valence-electron chi connectivity index (χ0n) is 20.1. The lowest BCUT2D eigenvalue weighted by molar-refractivity contribution is -0.153. The van der Waals surface area contributed by atoms with Gasteiger partial charge in [0.15, 0.2) is 0 Å². The first-order chi connectivity index (χ1) is 17.3. The number of hydrogen-bond acceptors (Lipinski definition) is 6. The van der Waals surface area contributed by atoms with E-state index in [1.165, 1.54) is 18.3 Å². The lowest BCUT2D eigenvalue weighted by Gasteiger charge is -2.39. The van der Waals surface area contributed by atoms with E-state index in [2.05, 4.69) is 9.88 Å². The number of carboxylic acids is 1. The van der Waals surface area contributed by atoms with Crippen LogP contribution in [0.2, 0.25) is 5.02 Å². The van der Waals surface area contributed by atoms with Crippen molar-refractivity contribution in [2.75, 3.05) is 32.5 Å². The maximum Gasteiger partial charge on any atom is 0.309 e. The second-order valence-electron chi connectivity index (χ2n) is 9.19. The van der Waals surface area contributed by atoms with Gasteiger partial charge in [-0.05, 0) is 81.2 Å². The van der Waals surface area contributed by atoms with E-state index >= 15 is 0 Å². The van der Waals surface area contributed by atoms with E-state index in [0.717, 1.165) is 17.2 Å². The number of aliphatic hydroxyl groups is 1. The second-order valence-corrected chi connectivity index (χ2v) is 10.8. The number of carbonyl (C=O) groups is 1. The smallest absolute Gasteiger partial charge is 0.309 e. The van der Waals surface area contributed by atoms with Gasteiger partial charge in [0.1, 0.15) is 11.6 Å². The molecule has 1 fully saturated rings. The number of fused-ring (bicyclic) bond motifs is 1. The maximum atomic E-state index is 13.1. The number of aliphatic carboxylic acids is 1. The Hall–Kier alpha value is -2.39. The van der Waals surface area contributed by atoms with Crippen molar-refractivity contribution in [2.45, 2.75) is 36.7 Å². The topological polar surface area (TPSA) is 82.9 Å². The van der Waals surface area contributed by atoms with Crippen LogP contribution >= 0.6 is 23.4 Å². The Kier molecular flexibility index (Phi) is 8.72. The molecule has 4 rings (SSSR count). The summed E-state index contributed by atoms with van der Waals surface area (Å²) in [7, 11) is 1.57. The molecule has 0 spiro atoms. The van der Waals surface area contributed by atoms with Gasteiger partial charge in [0.25, 0.3) is 0 Å². The van der Waals surface area contributed by atoms with Crippen molar-refractivity contribution in [3.8, 4) is 5.75 Å². The Bertz CT molecular complexity index is 1200. The van der Waals surface area contributed by atoms with Crippen LogP contribution in [-0.4, -0.2) is 58.6 Å². The molecule has 1 aromatic heterocycles. The molecular weight excluding hydrogens is 503 g/mol. The highest BCUT2D eigenvalue weighted by molar-refractivity contribution is 7.99. The zero-order valence-corrected chi connectivity index (χ0v) is 21.7. The summed E-state index contributed by atoms with van der Waals surface area (Å²) < 4.78 is 18.4. The predicted octanol–water partition coefficient (Wildman–Crippen LogP) is 5.81. The van der Waals surface area contributed by atoms with E-state index in [1.54, 1.807) is 43.1 Å². The number of ether oxygens (including phenoxy) is 1. The monoisotopic (exact) mass is 532 g/mol. The number of nitrogens with zero attached hydrogens (tertiary/aromatic N) is 2. The van der Waals surface area contributed by atoms with Crippen molar-refractivity contribution in [3.63, 3.8) is 0 Å². The molecule has 0 aliphatic carbocycles. The lowest BCUT2D eigenvalue weighted by atomic mass is 9.74. The molecule has 1 aliphatic rings. The minimum atomic E-state index is -0.920. The fraction of sp³-hybridized carbons (Fsp3) is 0.407. The van der Waals surface area contributed by atoms with Crippen LogP contribution < -0.4 is 4.74 Å². The number of thioether (sulfide) groups is 1. The largest absolute Gasteiger partial charge is 0.497 e. The Balaban J connectivity index is 1.37. The van der Waals surface area contributed by atoms with Gasteiger partial charge in [-0.3, -0.25) is 9.78 Å². The van der Waals surface area contributed by atoms with Gasteiger partial charge < -0.3 is 19.8 Å². The van der Waals surface area contributed by atoms with Crippen molar-refractivity contribution in [1.82, 2.24) is 9.88 Å². The highest BCUT2D eigenvalue weighted by Gasteiger charge is 2.41. The van der Waals surface area contributed by atoms with E-state index in [1.807, 2.05) is 6.07 Å². The molecule has 1 atom stereocenters. The van der Waals surface area contributed by atoms with E-state index in [0.29, 0.717) is 59.6 Å². The summed E-state index contributed by atoms with van der Waals surface area (Å²) in [6.45, 7) is 2.20. The van der Waals surface area contributed by atoms with Gasteiger partial charge in [-0.25, -0.2) is 4.39 Å². The minimum Gasteiger partial charge on any atom is -0.497 e. The quantitative estimate of drug-likeness (QED) is 0.319. The van der Waals surface area contributed by atoms with Crippen LogP contribution in [0, 0.1) is 11.2 Å². The standard InChI is InChI=1S/C27H30ClFN2O4S/c1-35-19-4-7-23-21(16-19)25(22(28)17-30-23)24(32)8-9-27(26(33)34)10-12-31(13-11-27)14-15-36-20-5-2-18(29)3-6-20/h2-7,16-17,24,32H,8-15H2,1H3,(H,33,34)/t24-/m0/s1. The normalized spacial score (nSPS) is 16.7. The first kappa shape index (κ1) is 26.7. The van der Waals surface area contributed by atoms with Crippen molar-refractivity contribution in [1.29, 1.82) is 0 Å². The van der Waals surface area contributed by atoms with Crippen molar-refractivity contribution >= 4 is 40.2 Å². The minimum absolute atomic E-state index is 0.246. The number of likely N-dealkylation sites (tertiary alicyclic amines) is 1. The van der Waals surface area contributed by atoms with Crippen LogP contribution in [0.5, 0.6) is 5.75 Å². The van der Waals surface area contributed by atoms with Crippen molar-refractivity contribution in [3.05, 3.63) is 65.1 Å². The highest BCUT2D eigenvalue weighted by Crippen LogP contribution is 2.41. The first-order valence-corrected chi connectivity index (χ1v) is 13.3. The Labute approximate surface area is 219 Å². The Morgan fingerprint density at radius 3 is 2.64 bits per heavy atom. The van der Waals surface area contributed by atoms with E-state index in [4.69, 9.17) is 16.3 Å². The van der Waals surface area contributed by atoms with Gasteiger partial charge >= 0.3 is 5.97 Å². The molecule has 0 bridgehead atoms. The number of hydrogen-bond donors (Lipinski definition) is 2. The van der Waals surface area contributed by atoms with Gasteiger partial charge in [0.05, 0.1) is 29.2 Å². The van der Waals surface area contributed by atoms with Crippen LogP contribution in [0.1, 0.15) is 37.4 Å². The number of rotatable bonds is 10. The molecular formula is C27H30ClFN2O4S. The molecule has 0 saturated carbocycles. The third kappa shape index (κ3) is 6.11. The summed E-state index contributed by atoms with van der Waals surface area (Å²) in [6.07, 6.45) is 2.28. The van der Waals surface area contributed by atoms with Crippen LogP contribution in [0.3, 0.4) is 0 Å². The fourth-order valence-electron chi connectivity index (χ4n) is 4.79. The van der Waals surface area contributed by atoms with Crippen molar-refractivity contribution < 1.29 is 24.1 Å². The number of benzene rings is 2. The molecule has 192 valence electrons. The van der Waals surface area contributed by atoms with Crippen LogP contribution in [-0.2, 0) is 4.79 Å².